The number of aromatic nitrogens is 2. The SMILES string of the molecule is Cc1nnc(Sc2cc(Br)ccc2CNCC(C)C)s1. The Morgan fingerprint density at radius 2 is 2.15 bits per heavy atom. The van der Waals surface area contributed by atoms with Crippen LogP contribution in [-0.4, -0.2) is 16.7 Å². The third-order valence-corrected chi connectivity index (χ3v) is 5.08. The van der Waals surface area contributed by atoms with Gasteiger partial charge in [0.05, 0.1) is 0 Å². The van der Waals surface area contributed by atoms with Gasteiger partial charge < -0.3 is 5.32 Å². The van der Waals surface area contributed by atoms with Crippen LogP contribution >= 0.6 is 39.0 Å². The average Bonchev–Trinajstić information content (AvgIpc) is 2.77. The number of nitrogens with zero attached hydrogens (tertiary/aromatic N) is 2. The zero-order chi connectivity index (χ0) is 14.5. The van der Waals surface area contributed by atoms with Crippen LogP contribution in [0.15, 0.2) is 31.9 Å². The van der Waals surface area contributed by atoms with E-state index in [1.807, 2.05) is 6.92 Å². The van der Waals surface area contributed by atoms with Crippen molar-refractivity contribution in [2.24, 2.45) is 5.92 Å². The lowest BCUT2D eigenvalue weighted by Crippen LogP contribution is -2.19. The molecule has 0 saturated heterocycles. The minimum atomic E-state index is 0.660. The third kappa shape index (κ3) is 4.84. The molecule has 108 valence electrons. The minimum absolute atomic E-state index is 0.660. The van der Waals surface area contributed by atoms with E-state index in [0.29, 0.717) is 5.92 Å². The van der Waals surface area contributed by atoms with Crippen molar-refractivity contribution in [1.29, 1.82) is 0 Å². The summed E-state index contributed by atoms with van der Waals surface area (Å²) < 4.78 is 2.08. The lowest BCUT2D eigenvalue weighted by Gasteiger charge is -2.11. The molecule has 6 heteroatoms. The highest BCUT2D eigenvalue weighted by atomic mass is 79.9. The van der Waals surface area contributed by atoms with E-state index in [9.17, 15) is 0 Å². The second-order valence-electron chi connectivity index (χ2n) is 4.97. The van der Waals surface area contributed by atoms with Gasteiger partial charge in [-0.05, 0) is 37.1 Å². The number of aryl methyl sites for hydroxylation is 1. The molecule has 0 aliphatic rings. The number of halogens is 1. The van der Waals surface area contributed by atoms with Crippen LogP contribution in [0.2, 0.25) is 0 Å². The van der Waals surface area contributed by atoms with Crippen molar-refractivity contribution in [2.45, 2.75) is 36.6 Å². The van der Waals surface area contributed by atoms with E-state index in [0.717, 1.165) is 26.9 Å². The Morgan fingerprint density at radius 1 is 1.35 bits per heavy atom. The standard InChI is InChI=1S/C14H18BrN3S2/c1-9(2)7-16-8-11-4-5-12(15)6-13(11)20-14-18-17-10(3)19-14/h4-6,9,16H,7-8H2,1-3H3. The van der Waals surface area contributed by atoms with Gasteiger partial charge in [0.25, 0.3) is 0 Å². The van der Waals surface area contributed by atoms with Crippen molar-refractivity contribution in [2.75, 3.05) is 6.54 Å². The molecule has 0 spiro atoms. The molecule has 0 radical (unpaired) electrons. The number of rotatable bonds is 6. The molecule has 2 aromatic rings. The second-order valence-corrected chi connectivity index (χ2v) is 8.35. The summed E-state index contributed by atoms with van der Waals surface area (Å²) in [7, 11) is 0. The van der Waals surface area contributed by atoms with E-state index in [1.165, 1.54) is 10.5 Å². The van der Waals surface area contributed by atoms with Crippen LogP contribution in [0.5, 0.6) is 0 Å². The summed E-state index contributed by atoms with van der Waals surface area (Å²) in [5.74, 6) is 0.660. The molecule has 3 nitrogen and oxygen atoms in total. The highest BCUT2D eigenvalue weighted by Crippen LogP contribution is 2.34. The normalized spacial score (nSPS) is 11.2. The number of nitrogens with one attached hydrogen (secondary N) is 1. The highest BCUT2D eigenvalue weighted by Gasteiger charge is 2.09. The molecule has 20 heavy (non-hydrogen) atoms. The van der Waals surface area contributed by atoms with Crippen LogP contribution in [0.25, 0.3) is 0 Å². The van der Waals surface area contributed by atoms with Crippen molar-refractivity contribution in [3.05, 3.63) is 33.2 Å². The molecule has 0 atom stereocenters. The Hall–Kier alpha value is -0.430. The second kappa shape index (κ2) is 7.54. The van der Waals surface area contributed by atoms with E-state index < -0.39 is 0 Å². The molecule has 1 aromatic carbocycles. The quantitative estimate of drug-likeness (QED) is 0.810. The van der Waals surface area contributed by atoms with E-state index >= 15 is 0 Å². The summed E-state index contributed by atoms with van der Waals surface area (Å²) in [6.07, 6.45) is 0. The van der Waals surface area contributed by atoms with Crippen LogP contribution in [0.4, 0.5) is 0 Å². The molecule has 0 fully saturated rings. The Balaban J connectivity index is 2.11. The number of hydrogen-bond donors (Lipinski definition) is 1. The molecule has 0 amide bonds. The topological polar surface area (TPSA) is 37.8 Å². The van der Waals surface area contributed by atoms with Crippen LogP contribution in [0, 0.1) is 12.8 Å². The maximum atomic E-state index is 4.19. The molecule has 0 saturated carbocycles. The van der Waals surface area contributed by atoms with Crippen molar-refractivity contribution < 1.29 is 0 Å². The first-order chi connectivity index (χ1) is 9.54. The predicted octanol–water partition coefficient (Wildman–Crippen LogP) is 4.51. The van der Waals surface area contributed by atoms with Crippen LogP contribution in [0.3, 0.4) is 0 Å². The summed E-state index contributed by atoms with van der Waals surface area (Å²) in [6, 6.07) is 6.39. The summed E-state index contributed by atoms with van der Waals surface area (Å²) in [5, 5.41) is 12.7. The molecule has 1 heterocycles. The maximum absolute atomic E-state index is 4.19. The molecule has 1 N–H and O–H groups in total. The molecule has 2 rings (SSSR count). The zero-order valence-corrected chi connectivity index (χ0v) is 15.0. The average molecular weight is 372 g/mol. The first-order valence-electron chi connectivity index (χ1n) is 6.51. The monoisotopic (exact) mass is 371 g/mol. The third-order valence-electron chi connectivity index (χ3n) is 2.60. The Morgan fingerprint density at radius 3 is 2.80 bits per heavy atom. The smallest absolute Gasteiger partial charge is 0.179 e. The zero-order valence-electron chi connectivity index (χ0n) is 11.8. The fourth-order valence-electron chi connectivity index (χ4n) is 1.68. The van der Waals surface area contributed by atoms with Gasteiger partial charge in [-0.25, -0.2) is 0 Å². The Labute approximate surface area is 136 Å². The van der Waals surface area contributed by atoms with Crippen molar-refractivity contribution >= 4 is 39.0 Å². The first-order valence-corrected chi connectivity index (χ1v) is 8.94. The Bertz CT molecular complexity index is 569. The Kier molecular flexibility index (Phi) is 6.01. The van der Waals surface area contributed by atoms with Gasteiger partial charge in [-0.15, -0.1) is 10.2 Å². The maximum Gasteiger partial charge on any atom is 0.179 e. The van der Waals surface area contributed by atoms with Gasteiger partial charge in [-0.3, -0.25) is 0 Å². The summed E-state index contributed by atoms with van der Waals surface area (Å²) in [4.78, 5) is 1.23. The molecule has 0 aliphatic heterocycles. The van der Waals surface area contributed by atoms with Gasteiger partial charge in [-0.1, -0.05) is 58.9 Å². The molecular weight excluding hydrogens is 354 g/mol. The summed E-state index contributed by atoms with van der Waals surface area (Å²) in [5.41, 5.74) is 1.30. The van der Waals surface area contributed by atoms with Gasteiger partial charge in [0.15, 0.2) is 4.34 Å². The van der Waals surface area contributed by atoms with Gasteiger partial charge in [0.2, 0.25) is 0 Å². The highest BCUT2D eigenvalue weighted by molar-refractivity contribution is 9.10. The number of hydrogen-bond acceptors (Lipinski definition) is 5. The molecule has 0 unspecified atom stereocenters. The van der Waals surface area contributed by atoms with Gasteiger partial charge >= 0.3 is 0 Å². The van der Waals surface area contributed by atoms with E-state index in [2.05, 4.69) is 63.5 Å². The minimum Gasteiger partial charge on any atom is -0.312 e. The van der Waals surface area contributed by atoms with E-state index in [-0.39, 0.29) is 0 Å². The largest absolute Gasteiger partial charge is 0.312 e. The van der Waals surface area contributed by atoms with Gasteiger partial charge in [0.1, 0.15) is 5.01 Å². The van der Waals surface area contributed by atoms with Crippen LogP contribution < -0.4 is 5.32 Å². The van der Waals surface area contributed by atoms with Crippen molar-refractivity contribution in [3.63, 3.8) is 0 Å². The fourth-order valence-corrected chi connectivity index (χ4v) is 4.13. The van der Waals surface area contributed by atoms with Crippen LogP contribution in [0.1, 0.15) is 24.4 Å². The van der Waals surface area contributed by atoms with E-state index in [1.54, 1.807) is 23.1 Å². The lowest BCUT2D eigenvalue weighted by molar-refractivity contribution is 0.550. The van der Waals surface area contributed by atoms with Crippen molar-refractivity contribution in [1.82, 2.24) is 15.5 Å². The molecule has 1 aromatic heterocycles. The van der Waals surface area contributed by atoms with Crippen molar-refractivity contribution in [3.8, 4) is 0 Å². The van der Waals surface area contributed by atoms with Gasteiger partial charge in [0, 0.05) is 15.9 Å². The first kappa shape index (κ1) is 15.9. The van der Waals surface area contributed by atoms with Crippen LogP contribution in [-0.2, 0) is 6.54 Å². The predicted molar refractivity (Wildman–Crippen MR) is 89.5 cm³/mol. The van der Waals surface area contributed by atoms with E-state index in [4.69, 9.17) is 0 Å². The molecule has 0 bridgehead atoms. The molecule has 0 aliphatic carbocycles. The van der Waals surface area contributed by atoms with Gasteiger partial charge in [-0.2, -0.15) is 0 Å². The number of benzene rings is 1. The molecular formula is C14H18BrN3S2. The summed E-state index contributed by atoms with van der Waals surface area (Å²) >= 11 is 6.85. The fraction of sp³-hybridized carbons (Fsp3) is 0.429. The summed E-state index contributed by atoms with van der Waals surface area (Å²) in [6.45, 7) is 8.32. The lowest BCUT2D eigenvalue weighted by atomic mass is 10.2.